The van der Waals surface area contributed by atoms with Crippen molar-refractivity contribution in [2.75, 3.05) is 47.1 Å². The molecule has 3 nitrogen and oxygen atoms in total. The molecule has 0 saturated carbocycles. The molecule has 0 aromatic rings. The van der Waals surface area contributed by atoms with Gasteiger partial charge in [-0.3, -0.25) is 4.90 Å². The van der Waals surface area contributed by atoms with Crippen molar-refractivity contribution in [3.05, 3.63) is 11.3 Å². The molecule has 21 heavy (non-hydrogen) atoms. The molecule has 0 N–H and O–H groups in total. The third kappa shape index (κ3) is 13.4. The van der Waals surface area contributed by atoms with Gasteiger partial charge in [-0.1, -0.05) is 50.6 Å². The zero-order chi connectivity index (χ0) is 16.5. The minimum absolute atomic E-state index is 0.789. The number of methoxy groups -OCH3 is 2. The summed E-state index contributed by atoms with van der Waals surface area (Å²) in [4.78, 5) is 2.47. The van der Waals surface area contributed by atoms with E-state index in [9.17, 15) is 0 Å². The van der Waals surface area contributed by atoms with Gasteiger partial charge >= 0.3 is 0 Å². The average Bonchev–Trinajstić information content (AvgIpc) is 2.28. The van der Waals surface area contributed by atoms with Crippen LogP contribution in [0.5, 0.6) is 0 Å². The van der Waals surface area contributed by atoms with Gasteiger partial charge in [-0.15, -0.1) is 0 Å². The Balaban J connectivity index is 4.90. The number of hydrogen-bond donors (Lipinski definition) is 0. The zero-order valence-corrected chi connectivity index (χ0v) is 17.6. The first-order chi connectivity index (χ1) is 9.57. The van der Waals surface area contributed by atoms with Gasteiger partial charge in [-0.2, -0.15) is 0 Å². The fraction of sp³-hybridized carbons (Fsp3) is 0.875. The second-order valence-electron chi connectivity index (χ2n) is 8.17. The van der Waals surface area contributed by atoms with Crippen LogP contribution in [-0.4, -0.2) is 68.1 Å². The van der Waals surface area contributed by atoms with Crippen LogP contribution in [-0.2, 0) is 9.47 Å². The third-order valence-electron chi connectivity index (χ3n) is 3.04. The van der Waals surface area contributed by atoms with E-state index < -0.39 is 16.1 Å². The van der Waals surface area contributed by atoms with Crippen molar-refractivity contribution < 1.29 is 9.47 Å². The van der Waals surface area contributed by atoms with Crippen molar-refractivity contribution in [2.24, 2.45) is 0 Å². The predicted octanol–water partition coefficient (Wildman–Crippen LogP) is 3.72. The molecule has 5 heteroatoms. The summed E-state index contributed by atoms with van der Waals surface area (Å²) in [6.07, 6.45) is 0. The Morgan fingerprint density at radius 3 is 1.71 bits per heavy atom. The number of hydrogen-bond acceptors (Lipinski definition) is 3. The molecule has 0 aliphatic heterocycles. The maximum Gasteiger partial charge on any atom is 0.0686 e. The lowest BCUT2D eigenvalue weighted by Crippen LogP contribution is -2.35. The molecular formula is C16H37NO2Si2. The topological polar surface area (TPSA) is 21.7 Å². The van der Waals surface area contributed by atoms with Crippen LogP contribution in [0, 0.1) is 0 Å². The van der Waals surface area contributed by atoms with Gasteiger partial charge < -0.3 is 9.47 Å². The van der Waals surface area contributed by atoms with Crippen LogP contribution < -0.4 is 0 Å². The summed E-state index contributed by atoms with van der Waals surface area (Å²) in [7, 11) is 1.28. The van der Waals surface area contributed by atoms with Crippen molar-refractivity contribution in [1.29, 1.82) is 0 Å². The lowest BCUT2D eigenvalue weighted by molar-refractivity contribution is 0.119. The van der Waals surface area contributed by atoms with Crippen LogP contribution in [0.2, 0.25) is 45.3 Å². The Kier molecular flexibility index (Phi) is 9.97. The van der Waals surface area contributed by atoms with Gasteiger partial charge in [0.05, 0.1) is 21.3 Å². The molecule has 0 amide bonds. The Morgan fingerprint density at radius 2 is 1.38 bits per heavy atom. The van der Waals surface area contributed by atoms with E-state index in [1.807, 2.05) is 0 Å². The van der Waals surface area contributed by atoms with Crippen LogP contribution in [0.15, 0.2) is 11.3 Å². The molecule has 0 bridgehead atoms. The molecule has 0 unspecified atom stereocenters. The summed E-state index contributed by atoms with van der Waals surface area (Å²) < 4.78 is 10.5. The van der Waals surface area contributed by atoms with Crippen LogP contribution in [0.3, 0.4) is 0 Å². The SMILES string of the molecule is COCCN(CCOC)C/C(=C\[Si](C)(C)C)C[Si](C)(C)C. The van der Waals surface area contributed by atoms with Gasteiger partial charge in [-0.05, 0) is 6.04 Å². The molecule has 0 atom stereocenters. The van der Waals surface area contributed by atoms with E-state index in [4.69, 9.17) is 9.47 Å². The minimum atomic E-state index is -1.18. The van der Waals surface area contributed by atoms with E-state index >= 15 is 0 Å². The highest BCUT2D eigenvalue weighted by atomic mass is 28.3. The van der Waals surface area contributed by atoms with Gasteiger partial charge in [0.15, 0.2) is 0 Å². The van der Waals surface area contributed by atoms with Gasteiger partial charge in [0.1, 0.15) is 0 Å². The monoisotopic (exact) mass is 331 g/mol. The van der Waals surface area contributed by atoms with Crippen LogP contribution in [0.25, 0.3) is 0 Å². The zero-order valence-electron chi connectivity index (χ0n) is 15.6. The van der Waals surface area contributed by atoms with Gasteiger partial charge in [-0.25, -0.2) is 0 Å². The van der Waals surface area contributed by atoms with Crippen LogP contribution in [0.4, 0.5) is 0 Å². The Bertz CT molecular complexity index is 298. The highest BCUT2D eigenvalue weighted by Crippen LogP contribution is 2.20. The second kappa shape index (κ2) is 9.95. The highest BCUT2D eigenvalue weighted by Gasteiger charge is 2.20. The first-order valence-corrected chi connectivity index (χ1v) is 15.3. The average molecular weight is 332 g/mol. The van der Waals surface area contributed by atoms with Crippen molar-refractivity contribution >= 4 is 16.1 Å². The first kappa shape index (κ1) is 21.1. The molecule has 0 aromatic heterocycles. The summed E-state index contributed by atoms with van der Waals surface area (Å²) >= 11 is 0. The van der Waals surface area contributed by atoms with E-state index in [0.717, 1.165) is 32.8 Å². The summed E-state index contributed by atoms with van der Waals surface area (Å²) in [6, 6.07) is 1.30. The number of nitrogens with zero attached hydrogens (tertiary/aromatic N) is 1. The second-order valence-corrected chi connectivity index (χ2v) is 18.7. The molecule has 0 aromatic carbocycles. The third-order valence-corrected chi connectivity index (χ3v) is 5.83. The van der Waals surface area contributed by atoms with E-state index in [2.05, 4.69) is 49.9 Å². The molecule has 0 fully saturated rings. The molecule has 0 saturated heterocycles. The maximum atomic E-state index is 5.25. The normalized spacial score (nSPS) is 14.0. The van der Waals surface area contributed by atoms with Crippen LogP contribution >= 0.6 is 0 Å². The van der Waals surface area contributed by atoms with Crippen molar-refractivity contribution in [3.63, 3.8) is 0 Å². The summed E-state index contributed by atoms with van der Waals surface area (Å²) in [5.74, 6) is 0. The molecule has 0 rings (SSSR count). The smallest absolute Gasteiger partial charge is 0.0686 e. The molecule has 126 valence electrons. The van der Waals surface area contributed by atoms with Gasteiger partial charge in [0.2, 0.25) is 0 Å². The lowest BCUT2D eigenvalue weighted by Gasteiger charge is -2.28. The number of ether oxygens (including phenoxy) is 2. The Morgan fingerprint density at radius 1 is 0.905 bits per heavy atom. The maximum absolute atomic E-state index is 5.25. The van der Waals surface area contributed by atoms with E-state index in [-0.39, 0.29) is 0 Å². The fourth-order valence-corrected chi connectivity index (χ4v) is 5.64. The Hall–Kier alpha value is 0.0538. The number of rotatable bonds is 11. The summed E-state index contributed by atoms with van der Waals surface area (Å²) in [6.45, 7) is 19.3. The Labute approximate surface area is 134 Å². The fourth-order valence-electron chi connectivity index (χ4n) is 2.44. The lowest BCUT2D eigenvalue weighted by atomic mass is 10.3. The van der Waals surface area contributed by atoms with Crippen LogP contribution in [0.1, 0.15) is 0 Å². The summed E-state index contributed by atoms with van der Waals surface area (Å²) in [5.41, 5.74) is 4.25. The van der Waals surface area contributed by atoms with Crippen molar-refractivity contribution in [2.45, 2.75) is 45.3 Å². The molecule has 0 aliphatic carbocycles. The van der Waals surface area contributed by atoms with E-state index in [1.165, 1.54) is 6.04 Å². The molecule has 0 spiro atoms. The standard InChI is InChI=1S/C16H37NO2Si2/c1-18-11-9-17(10-12-19-2)13-16(14-20(3,4)5)15-21(6,7)8/h14H,9-13,15H2,1-8H3/b16-14+. The van der Waals surface area contributed by atoms with E-state index in [1.54, 1.807) is 19.8 Å². The van der Waals surface area contributed by atoms with Crippen molar-refractivity contribution in [1.82, 2.24) is 4.90 Å². The molecule has 0 heterocycles. The minimum Gasteiger partial charge on any atom is -0.383 e. The molecule has 0 aliphatic rings. The predicted molar refractivity (Wildman–Crippen MR) is 99.8 cm³/mol. The largest absolute Gasteiger partial charge is 0.383 e. The molecule has 0 radical (unpaired) electrons. The quantitative estimate of drug-likeness (QED) is 0.539. The summed E-state index contributed by atoms with van der Waals surface area (Å²) in [5, 5.41) is 0. The van der Waals surface area contributed by atoms with Crippen molar-refractivity contribution in [3.8, 4) is 0 Å². The van der Waals surface area contributed by atoms with Gasteiger partial charge in [0.25, 0.3) is 0 Å². The van der Waals surface area contributed by atoms with Gasteiger partial charge in [0, 0.05) is 41.9 Å². The molecular weight excluding hydrogens is 294 g/mol. The highest BCUT2D eigenvalue weighted by molar-refractivity contribution is 6.81. The first-order valence-electron chi connectivity index (χ1n) is 7.98. The van der Waals surface area contributed by atoms with E-state index in [0.29, 0.717) is 0 Å².